The normalized spacial score (nSPS) is 14.2. The minimum absolute atomic E-state index is 0.0418. The molecule has 0 aliphatic carbocycles. The number of fused-ring (bicyclic) bond motifs is 3. The molecule has 1 aromatic heterocycles. The molecule has 9 aromatic carbocycles. The van der Waals surface area contributed by atoms with Gasteiger partial charge < -0.3 is 9.47 Å². The van der Waals surface area contributed by atoms with Crippen molar-refractivity contribution in [2.75, 3.05) is 4.90 Å². The first-order valence-electron chi connectivity index (χ1n) is 24.2. The third-order valence-electron chi connectivity index (χ3n) is 9.94. The Morgan fingerprint density at radius 1 is 0.339 bits per heavy atom. The van der Waals surface area contributed by atoms with E-state index in [0.717, 1.165) is 49.7 Å². The van der Waals surface area contributed by atoms with Gasteiger partial charge in [-0.15, -0.1) is 0 Å². The average molecular weight is 727 g/mol. The van der Waals surface area contributed by atoms with E-state index >= 15 is 0 Å². The van der Waals surface area contributed by atoms with Gasteiger partial charge in [0.25, 0.3) is 0 Å². The van der Waals surface area contributed by atoms with Crippen LogP contribution in [-0.4, -0.2) is 4.57 Å². The number of hydrogen-bond acceptors (Lipinski definition) is 1. The average Bonchev–Trinajstić information content (AvgIpc) is 3.70. The molecule has 0 spiro atoms. The summed E-state index contributed by atoms with van der Waals surface area (Å²) in [7, 11) is 0. The monoisotopic (exact) mass is 726 g/mol. The van der Waals surface area contributed by atoms with E-state index in [1.54, 1.807) is 30.3 Å². The van der Waals surface area contributed by atoms with Crippen LogP contribution in [0.5, 0.6) is 0 Å². The summed E-state index contributed by atoms with van der Waals surface area (Å²) >= 11 is 0. The van der Waals surface area contributed by atoms with E-state index in [1.165, 1.54) is 11.0 Å². The van der Waals surface area contributed by atoms with Gasteiger partial charge in [-0.1, -0.05) is 170 Å². The third-order valence-corrected chi connectivity index (χ3v) is 9.94. The molecule has 0 aliphatic heterocycles. The number of hydrogen-bond donors (Lipinski definition) is 0. The quantitative estimate of drug-likeness (QED) is 0.151. The summed E-state index contributed by atoms with van der Waals surface area (Å²) in [6.45, 7) is 0. The molecule has 56 heavy (non-hydrogen) atoms. The smallest absolute Gasteiger partial charge is 0.0645 e. The van der Waals surface area contributed by atoms with Crippen LogP contribution in [0.2, 0.25) is 0 Å². The Bertz CT molecular complexity index is 3590. The summed E-state index contributed by atoms with van der Waals surface area (Å²) in [4.78, 5) is 1.32. The van der Waals surface area contributed by atoms with Crippen LogP contribution < -0.4 is 4.90 Å². The molecule has 0 fully saturated rings. The predicted octanol–water partition coefficient (Wildman–Crippen LogP) is 14.9. The summed E-state index contributed by atoms with van der Waals surface area (Å²) in [5.41, 5.74) is 6.30. The molecular weight excluding hydrogens is 677 g/mol. The molecule has 0 amide bonds. The molecule has 0 bridgehead atoms. The summed E-state index contributed by atoms with van der Waals surface area (Å²) < 4.78 is 110. The Labute approximate surface area is 344 Å². The topological polar surface area (TPSA) is 8.17 Å². The van der Waals surface area contributed by atoms with E-state index in [0.29, 0.717) is 5.56 Å². The van der Waals surface area contributed by atoms with Crippen LogP contribution in [0.3, 0.4) is 0 Å². The lowest BCUT2D eigenvalue weighted by Gasteiger charge is -2.26. The van der Waals surface area contributed by atoms with Gasteiger partial charge in [-0.05, 0) is 99.5 Å². The molecule has 1 heterocycles. The van der Waals surface area contributed by atoms with Gasteiger partial charge in [-0.3, -0.25) is 0 Å². The molecule has 10 aromatic rings. The zero-order valence-corrected chi connectivity index (χ0v) is 29.9. The van der Waals surface area contributed by atoms with Crippen LogP contribution in [0, 0.1) is 0 Å². The number of anilines is 3. The van der Waals surface area contributed by atoms with Crippen molar-refractivity contribution < 1.29 is 16.4 Å². The molecule has 2 heteroatoms. The van der Waals surface area contributed by atoms with Crippen LogP contribution in [0.1, 0.15) is 16.4 Å². The van der Waals surface area contributed by atoms with Gasteiger partial charge in [-0.2, -0.15) is 0 Å². The van der Waals surface area contributed by atoms with Crippen molar-refractivity contribution >= 4 is 38.9 Å². The lowest BCUT2D eigenvalue weighted by atomic mass is 10.0. The first kappa shape index (κ1) is 22.7. The Balaban J connectivity index is 1.19. The lowest BCUT2D eigenvalue weighted by molar-refractivity contribution is 1.18. The third kappa shape index (κ3) is 6.14. The van der Waals surface area contributed by atoms with Crippen molar-refractivity contribution in [1.82, 2.24) is 4.57 Å². The van der Waals surface area contributed by atoms with Crippen molar-refractivity contribution in [3.63, 3.8) is 0 Å². The number of nitrogens with zero attached hydrogens (tertiary/aromatic N) is 2. The van der Waals surface area contributed by atoms with Gasteiger partial charge in [0, 0.05) is 33.4 Å². The second-order valence-electron chi connectivity index (χ2n) is 13.3. The highest BCUT2D eigenvalue weighted by Crippen LogP contribution is 2.40. The van der Waals surface area contributed by atoms with Gasteiger partial charge in [-0.25, -0.2) is 0 Å². The van der Waals surface area contributed by atoms with Crippen molar-refractivity contribution in [2.45, 2.75) is 0 Å². The van der Waals surface area contributed by atoms with E-state index < -0.39 is 60.4 Å². The van der Waals surface area contributed by atoms with Crippen LogP contribution in [0.15, 0.2) is 230 Å². The fourth-order valence-electron chi connectivity index (χ4n) is 7.31. The zero-order chi connectivity index (χ0) is 47.7. The molecule has 2 nitrogen and oxygen atoms in total. The Morgan fingerprint density at radius 2 is 0.946 bits per heavy atom. The zero-order valence-electron chi connectivity index (χ0n) is 41.9. The van der Waals surface area contributed by atoms with Gasteiger partial charge in [0.2, 0.25) is 0 Å². The molecule has 0 saturated heterocycles. The van der Waals surface area contributed by atoms with Crippen molar-refractivity contribution in [3.8, 4) is 50.2 Å². The molecule has 0 radical (unpaired) electrons. The molecular formula is C54H38N2. The number of para-hydroxylation sites is 2. The second kappa shape index (κ2) is 14.4. The summed E-state index contributed by atoms with van der Waals surface area (Å²) in [5.74, 6) is 0. The minimum atomic E-state index is -0.647. The van der Waals surface area contributed by atoms with Gasteiger partial charge in [0.15, 0.2) is 0 Å². The van der Waals surface area contributed by atoms with Crippen LogP contribution >= 0.6 is 0 Å². The standard InChI is InChI=1S/C54H38N2/c1-4-15-39(16-5-1)41-27-32-46(33-28-41)55(48-22-14-21-44(37-48)40-17-6-2-7-18-40)47-34-29-42(30-35-47)45-31-36-54-51(38-45)50-24-11-13-26-53(50)56(54)52-25-12-10-23-49(52)43-19-8-3-9-20-43/h1-38H/i2D,6D,7D,14D,17D,18D,21D,22D,29D,30D,34D,35D. The van der Waals surface area contributed by atoms with E-state index in [2.05, 4.69) is 28.8 Å². The first-order chi connectivity index (χ1) is 32.8. The molecule has 10 rings (SSSR count). The van der Waals surface area contributed by atoms with E-state index in [4.69, 9.17) is 9.60 Å². The number of benzene rings is 9. The fourth-order valence-corrected chi connectivity index (χ4v) is 7.31. The van der Waals surface area contributed by atoms with E-state index in [-0.39, 0.29) is 45.8 Å². The van der Waals surface area contributed by atoms with E-state index in [9.17, 15) is 6.85 Å². The van der Waals surface area contributed by atoms with Gasteiger partial charge >= 0.3 is 0 Å². The molecule has 0 aliphatic rings. The summed E-state index contributed by atoms with van der Waals surface area (Å²) in [6, 6.07) is 43.1. The van der Waals surface area contributed by atoms with Crippen LogP contribution in [0.25, 0.3) is 72.0 Å². The Hall–Kier alpha value is -7.42. The maximum Gasteiger partial charge on any atom is 0.0645 e. The highest BCUT2D eigenvalue weighted by molar-refractivity contribution is 6.11. The molecule has 0 unspecified atom stereocenters. The predicted molar refractivity (Wildman–Crippen MR) is 237 cm³/mol. The van der Waals surface area contributed by atoms with Crippen LogP contribution in [-0.2, 0) is 0 Å². The molecule has 264 valence electrons. The maximum absolute atomic E-state index is 9.66. The number of rotatable bonds is 8. The van der Waals surface area contributed by atoms with Crippen LogP contribution in [0.4, 0.5) is 17.1 Å². The maximum atomic E-state index is 9.66. The highest BCUT2D eigenvalue weighted by Gasteiger charge is 2.18. The largest absolute Gasteiger partial charge is 0.310 e. The minimum Gasteiger partial charge on any atom is -0.310 e. The molecule has 0 atom stereocenters. The van der Waals surface area contributed by atoms with Crippen molar-refractivity contribution in [1.29, 1.82) is 0 Å². The van der Waals surface area contributed by atoms with Crippen molar-refractivity contribution in [3.05, 3.63) is 230 Å². The first-order valence-corrected chi connectivity index (χ1v) is 18.2. The van der Waals surface area contributed by atoms with Gasteiger partial charge in [0.05, 0.1) is 33.2 Å². The second-order valence-corrected chi connectivity index (χ2v) is 13.3. The molecule has 0 N–H and O–H groups in total. The summed E-state index contributed by atoms with van der Waals surface area (Å²) in [5, 5.41) is 1.76. The SMILES string of the molecule is [2H]c1c(-c2c([2H])c([2H])c([2H])c([2H])c2[2H])cc(N(c2ccc(-c3ccccc3)cc2)c2c([2H])c([2H])c(-c3ccc4c(c3)c3ccccc3n4-c3ccccc3-c3ccccc3)c([2H])c2[2H])c([2H])c1[2H]. The fraction of sp³-hybridized carbons (Fsp3) is 0. The Morgan fingerprint density at radius 3 is 1.73 bits per heavy atom. The summed E-state index contributed by atoms with van der Waals surface area (Å²) in [6.07, 6.45) is 0. The Kier molecular flexibility index (Phi) is 5.85. The highest BCUT2D eigenvalue weighted by atomic mass is 15.1. The lowest BCUT2D eigenvalue weighted by Crippen LogP contribution is -2.10. The number of aromatic nitrogens is 1. The van der Waals surface area contributed by atoms with Gasteiger partial charge in [0.1, 0.15) is 0 Å². The molecule has 0 saturated carbocycles. The van der Waals surface area contributed by atoms with E-state index in [1.807, 2.05) is 97.1 Å². The van der Waals surface area contributed by atoms with Crippen molar-refractivity contribution in [2.24, 2.45) is 0 Å².